The molecule has 0 unspecified atom stereocenters. The summed E-state index contributed by atoms with van der Waals surface area (Å²) in [5.41, 5.74) is 1.02. The summed E-state index contributed by atoms with van der Waals surface area (Å²) in [6, 6.07) is 9.10. The van der Waals surface area contributed by atoms with Gasteiger partial charge in [0.05, 0.1) is 0 Å². The summed E-state index contributed by atoms with van der Waals surface area (Å²) in [5.74, 6) is -0.369. The van der Waals surface area contributed by atoms with Crippen molar-refractivity contribution in [3.63, 3.8) is 0 Å². The molecule has 1 rings (SSSR count). The highest BCUT2D eigenvalue weighted by Crippen LogP contribution is 2.08. The molecular formula is C12H16ClNO2. The van der Waals surface area contributed by atoms with E-state index in [1.54, 1.807) is 11.9 Å². The summed E-state index contributed by atoms with van der Waals surface area (Å²) in [6.45, 7) is 0.575. The van der Waals surface area contributed by atoms with Crippen LogP contribution in [0.2, 0.25) is 0 Å². The number of carboxylic acids is 1. The van der Waals surface area contributed by atoms with Crippen LogP contribution in [0.1, 0.15) is 5.56 Å². The Kier molecular flexibility index (Phi) is 5.29. The van der Waals surface area contributed by atoms with Crippen LogP contribution in [0.3, 0.4) is 0 Å². The SMILES string of the molecule is CN(CCCl)[C@@H](Cc1ccccc1)C(=O)O. The molecule has 16 heavy (non-hydrogen) atoms. The summed E-state index contributed by atoms with van der Waals surface area (Å²) >= 11 is 5.61. The molecule has 0 heterocycles. The van der Waals surface area contributed by atoms with Crippen LogP contribution in [0.4, 0.5) is 0 Å². The van der Waals surface area contributed by atoms with Crippen molar-refractivity contribution in [3.05, 3.63) is 35.9 Å². The van der Waals surface area contributed by atoms with Gasteiger partial charge in [-0.25, -0.2) is 0 Å². The molecule has 0 aliphatic carbocycles. The fraction of sp³-hybridized carbons (Fsp3) is 0.417. The molecule has 3 nitrogen and oxygen atoms in total. The van der Waals surface area contributed by atoms with Gasteiger partial charge in [0.1, 0.15) is 6.04 Å². The zero-order chi connectivity index (χ0) is 12.0. The van der Waals surface area contributed by atoms with Crippen molar-refractivity contribution in [1.82, 2.24) is 4.90 Å². The van der Waals surface area contributed by atoms with Crippen LogP contribution in [0.15, 0.2) is 30.3 Å². The van der Waals surface area contributed by atoms with Gasteiger partial charge in [-0.05, 0) is 19.0 Å². The maximum Gasteiger partial charge on any atom is 0.321 e. The molecule has 1 aromatic carbocycles. The highest BCUT2D eigenvalue weighted by atomic mass is 35.5. The predicted octanol–water partition coefficient (Wildman–Crippen LogP) is 1.85. The third-order valence-electron chi connectivity index (χ3n) is 2.53. The highest BCUT2D eigenvalue weighted by molar-refractivity contribution is 6.18. The van der Waals surface area contributed by atoms with Gasteiger partial charge in [-0.1, -0.05) is 30.3 Å². The van der Waals surface area contributed by atoms with E-state index < -0.39 is 12.0 Å². The van der Waals surface area contributed by atoms with Crippen molar-refractivity contribution in [2.24, 2.45) is 0 Å². The van der Waals surface area contributed by atoms with Gasteiger partial charge in [-0.3, -0.25) is 9.69 Å². The lowest BCUT2D eigenvalue weighted by atomic mass is 10.1. The number of aliphatic carboxylic acids is 1. The van der Waals surface area contributed by atoms with E-state index in [0.29, 0.717) is 18.8 Å². The van der Waals surface area contributed by atoms with Crippen molar-refractivity contribution in [2.45, 2.75) is 12.5 Å². The van der Waals surface area contributed by atoms with Crippen molar-refractivity contribution in [3.8, 4) is 0 Å². The van der Waals surface area contributed by atoms with Gasteiger partial charge in [0.2, 0.25) is 0 Å². The van der Waals surface area contributed by atoms with E-state index in [2.05, 4.69) is 0 Å². The molecule has 0 aliphatic heterocycles. The molecule has 0 fully saturated rings. The topological polar surface area (TPSA) is 40.5 Å². The summed E-state index contributed by atoms with van der Waals surface area (Å²) in [7, 11) is 1.78. The second kappa shape index (κ2) is 6.51. The van der Waals surface area contributed by atoms with Gasteiger partial charge >= 0.3 is 5.97 Å². The average Bonchev–Trinajstić information content (AvgIpc) is 2.27. The lowest BCUT2D eigenvalue weighted by Crippen LogP contribution is -2.41. The number of likely N-dealkylation sites (N-methyl/N-ethyl adjacent to an activating group) is 1. The van der Waals surface area contributed by atoms with Crippen molar-refractivity contribution >= 4 is 17.6 Å². The monoisotopic (exact) mass is 241 g/mol. The van der Waals surface area contributed by atoms with Crippen molar-refractivity contribution in [2.75, 3.05) is 19.5 Å². The molecule has 0 spiro atoms. The van der Waals surface area contributed by atoms with Gasteiger partial charge in [0.15, 0.2) is 0 Å². The van der Waals surface area contributed by atoms with Crippen LogP contribution in [0.25, 0.3) is 0 Å². The van der Waals surface area contributed by atoms with Gasteiger partial charge < -0.3 is 5.11 Å². The Morgan fingerprint density at radius 2 is 2.06 bits per heavy atom. The minimum absolute atomic E-state index is 0.440. The predicted molar refractivity (Wildman–Crippen MR) is 64.9 cm³/mol. The molecule has 0 aliphatic rings. The van der Waals surface area contributed by atoms with Crippen molar-refractivity contribution in [1.29, 1.82) is 0 Å². The molecule has 0 saturated carbocycles. The standard InChI is InChI=1S/C12H16ClNO2/c1-14(8-7-13)11(12(15)16)9-10-5-3-2-4-6-10/h2-6,11H,7-9H2,1H3,(H,15,16)/t11-/m0/s1. The Balaban J connectivity index is 2.69. The Labute approximate surface area is 101 Å². The number of alkyl halides is 1. The number of carboxylic acid groups (broad SMARTS) is 1. The fourth-order valence-electron chi connectivity index (χ4n) is 1.56. The first kappa shape index (κ1) is 13.0. The maximum absolute atomic E-state index is 11.1. The maximum atomic E-state index is 11.1. The van der Waals surface area contributed by atoms with Gasteiger partial charge in [-0.15, -0.1) is 11.6 Å². The van der Waals surface area contributed by atoms with Crippen LogP contribution in [0, 0.1) is 0 Å². The lowest BCUT2D eigenvalue weighted by Gasteiger charge is -2.23. The first-order chi connectivity index (χ1) is 7.65. The third kappa shape index (κ3) is 3.83. The molecule has 1 N–H and O–H groups in total. The van der Waals surface area contributed by atoms with E-state index >= 15 is 0 Å². The van der Waals surface area contributed by atoms with Crippen LogP contribution in [0.5, 0.6) is 0 Å². The zero-order valence-electron chi connectivity index (χ0n) is 9.27. The Bertz CT molecular complexity index is 329. The number of hydrogen-bond donors (Lipinski definition) is 1. The molecule has 0 aromatic heterocycles. The second-order valence-corrected chi connectivity index (χ2v) is 4.09. The van der Waals surface area contributed by atoms with Gasteiger partial charge in [-0.2, -0.15) is 0 Å². The van der Waals surface area contributed by atoms with E-state index in [9.17, 15) is 4.79 Å². The quantitative estimate of drug-likeness (QED) is 0.773. The Morgan fingerprint density at radius 1 is 1.44 bits per heavy atom. The van der Waals surface area contributed by atoms with E-state index in [1.807, 2.05) is 30.3 Å². The number of benzene rings is 1. The summed E-state index contributed by atoms with van der Waals surface area (Å²) in [4.78, 5) is 12.9. The van der Waals surface area contributed by atoms with Gasteiger partial charge in [0, 0.05) is 12.4 Å². The number of carbonyl (C=O) groups is 1. The summed E-state index contributed by atoms with van der Waals surface area (Å²) < 4.78 is 0. The molecule has 4 heteroatoms. The number of halogens is 1. The van der Waals surface area contributed by atoms with E-state index in [0.717, 1.165) is 5.56 Å². The second-order valence-electron chi connectivity index (χ2n) is 3.71. The first-order valence-corrected chi connectivity index (χ1v) is 5.71. The molecule has 1 aromatic rings. The Morgan fingerprint density at radius 3 is 2.56 bits per heavy atom. The smallest absolute Gasteiger partial charge is 0.321 e. The lowest BCUT2D eigenvalue weighted by molar-refractivity contribution is -0.142. The number of rotatable bonds is 6. The molecule has 0 amide bonds. The molecule has 88 valence electrons. The number of nitrogens with zero attached hydrogens (tertiary/aromatic N) is 1. The molecular weight excluding hydrogens is 226 g/mol. The minimum Gasteiger partial charge on any atom is -0.480 e. The minimum atomic E-state index is -0.809. The largest absolute Gasteiger partial charge is 0.480 e. The summed E-state index contributed by atoms with van der Waals surface area (Å²) in [5, 5.41) is 9.15. The van der Waals surface area contributed by atoms with Crippen molar-refractivity contribution < 1.29 is 9.90 Å². The summed E-state index contributed by atoms with van der Waals surface area (Å²) in [6.07, 6.45) is 0.504. The van der Waals surface area contributed by atoms with Crippen LogP contribution < -0.4 is 0 Å². The third-order valence-corrected chi connectivity index (χ3v) is 2.70. The highest BCUT2D eigenvalue weighted by Gasteiger charge is 2.22. The molecule has 1 atom stereocenters. The zero-order valence-corrected chi connectivity index (χ0v) is 10.0. The fourth-order valence-corrected chi connectivity index (χ4v) is 1.82. The average molecular weight is 242 g/mol. The number of hydrogen-bond acceptors (Lipinski definition) is 2. The van der Waals surface area contributed by atoms with Crippen LogP contribution in [-0.4, -0.2) is 41.5 Å². The first-order valence-electron chi connectivity index (χ1n) is 5.18. The van der Waals surface area contributed by atoms with Gasteiger partial charge in [0.25, 0.3) is 0 Å². The molecule has 0 saturated heterocycles. The molecule has 0 bridgehead atoms. The molecule has 0 radical (unpaired) electrons. The Hall–Kier alpha value is -1.06. The van der Waals surface area contributed by atoms with E-state index in [1.165, 1.54) is 0 Å². The van der Waals surface area contributed by atoms with E-state index in [-0.39, 0.29) is 0 Å². The van der Waals surface area contributed by atoms with E-state index in [4.69, 9.17) is 16.7 Å². The normalized spacial score (nSPS) is 12.7. The van der Waals surface area contributed by atoms with Crippen LogP contribution >= 0.6 is 11.6 Å². The van der Waals surface area contributed by atoms with Crippen LogP contribution in [-0.2, 0) is 11.2 Å².